The Balaban J connectivity index is 0.00000100. The van der Waals surface area contributed by atoms with E-state index < -0.39 is 20.2 Å². The van der Waals surface area contributed by atoms with Gasteiger partial charge in [-0.1, -0.05) is 217 Å². The summed E-state index contributed by atoms with van der Waals surface area (Å²) < 4.78 is 67.5. The van der Waals surface area contributed by atoms with Gasteiger partial charge in [-0.2, -0.15) is 0 Å². The molecule has 0 aliphatic rings. The van der Waals surface area contributed by atoms with Gasteiger partial charge in [-0.15, -0.1) is 0 Å². The van der Waals surface area contributed by atoms with Gasteiger partial charge in [-0.3, -0.25) is 0 Å². The second kappa shape index (κ2) is 35.0. The zero-order valence-electron chi connectivity index (χ0n) is 33.8. The fourth-order valence-corrected chi connectivity index (χ4v) is 8.40. The summed E-state index contributed by atoms with van der Waals surface area (Å²) in [6, 6.07) is 13.2. The third-order valence-electron chi connectivity index (χ3n) is 10.1. The molecular weight excluding hydrogens is 826 g/mol. The summed E-state index contributed by atoms with van der Waals surface area (Å²) in [4.78, 5) is -0.0932. The summed E-state index contributed by atoms with van der Waals surface area (Å²) in [5, 5.41) is 0. The molecule has 0 heterocycles. The van der Waals surface area contributed by atoms with Gasteiger partial charge in [0.1, 0.15) is 20.2 Å². The Morgan fingerprint density at radius 3 is 0.792 bits per heavy atom. The van der Waals surface area contributed by atoms with Crippen LogP contribution in [-0.4, -0.2) is 74.8 Å². The first kappa shape index (κ1) is 52.8. The third kappa shape index (κ3) is 29.7. The average molecular weight is 901 g/mol. The minimum Gasteiger partial charge on any atom is -0.744 e. The Labute approximate surface area is 367 Å². The normalized spacial score (nSPS) is 11.5. The number of hydrogen-bond donors (Lipinski definition) is 0. The van der Waals surface area contributed by atoms with E-state index in [1.807, 2.05) is 0 Å². The molecule has 0 aliphatic carbocycles. The van der Waals surface area contributed by atoms with E-state index in [1.165, 1.54) is 166 Å². The Morgan fingerprint density at radius 1 is 0.358 bits per heavy atom. The number of hydrogen-bond acceptors (Lipinski definition) is 6. The van der Waals surface area contributed by atoms with Crippen LogP contribution in [0.3, 0.4) is 0 Å². The van der Waals surface area contributed by atoms with Gasteiger partial charge in [0.2, 0.25) is 0 Å². The maximum Gasteiger partial charge on any atom is 2.00 e. The molecule has 0 atom stereocenters. The predicted octanol–water partition coefficient (Wildman–Crippen LogP) is 12.8. The summed E-state index contributed by atoms with van der Waals surface area (Å²) >= 11 is 0. The molecule has 9 heteroatoms. The van der Waals surface area contributed by atoms with Crippen LogP contribution in [0.25, 0.3) is 0 Å². The topological polar surface area (TPSA) is 114 Å². The third-order valence-corrected chi connectivity index (χ3v) is 12.0. The van der Waals surface area contributed by atoms with Crippen molar-refractivity contribution < 1.29 is 25.9 Å². The molecule has 300 valence electrons. The minimum atomic E-state index is -4.35. The molecule has 6 nitrogen and oxygen atoms in total. The Hall–Kier alpha value is -0.169. The second-order valence-corrected chi connectivity index (χ2v) is 17.5. The summed E-state index contributed by atoms with van der Waals surface area (Å²) in [6.07, 6.45) is 37.8. The minimum absolute atomic E-state index is 0. The summed E-state index contributed by atoms with van der Waals surface area (Å²) in [5.41, 5.74) is 1.34. The van der Waals surface area contributed by atoms with Crippen LogP contribution in [0.2, 0.25) is 0 Å². The van der Waals surface area contributed by atoms with Crippen molar-refractivity contribution >= 4 is 69.1 Å². The number of aryl methyl sites for hydroxylation is 2. The average Bonchev–Trinajstić information content (AvgIpc) is 3.11. The van der Waals surface area contributed by atoms with Gasteiger partial charge in [-0.05, 0) is 48.9 Å². The van der Waals surface area contributed by atoms with Crippen molar-refractivity contribution in [1.29, 1.82) is 0 Å². The van der Waals surface area contributed by atoms with Gasteiger partial charge in [0.05, 0.1) is 9.79 Å². The Kier molecular flexibility index (Phi) is 34.9. The van der Waals surface area contributed by atoms with Crippen molar-refractivity contribution in [1.82, 2.24) is 0 Å². The second-order valence-electron chi connectivity index (χ2n) is 14.8. The zero-order valence-corrected chi connectivity index (χ0v) is 39.9. The first-order valence-electron chi connectivity index (χ1n) is 21.2. The van der Waals surface area contributed by atoms with E-state index >= 15 is 0 Å². The smallest absolute Gasteiger partial charge is 0.744 e. The van der Waals surface area contributed by atoms with Gasteiger partial charge in [0.15, 0.2) is 0 Å². The molecular formula is C44H74BaO6S2. The van der Waals surface area contributed by atoms with Gasteiger partial charge in [-0.25, -0.2) is 16.8 Å². The molecule has 2 aromatic carbocycles. The van der Waals surface area contributed by atoms with E-state index in [4.69, 9.17) is 0 Å². The van der Waals surface area contributed by atoms with E-state index in [-0.39, 0.29) is 58.7 Å². The van der Waals surface area contributed by atoms with Crippen LogP contribution in [0.4, 0.5) is 0 Å². The van der Waals surface area contributed by atoms with Crippen molar-refractivity contribution in [3.8, 4) is 0 Å². The van der Waals surface area contributed by atoms with E-state index in [9.17, 15) is 25.9 Å². The van der Waals surface area contributed by atoms with E-state index in [2.05, 4.69) is 13.8 Å². The summed E-state index contributed by atoms with van der Waals surface area (Å²) in [5.74, 6) is 0. The maximum absolute atomic E-state index is 11.2. The molecule has 0 aliphatic heterocycles. The monoisotopic (exact) mass is 900 g/mol. The molecule has 0 unspecified atom stereocenters. The first-order chi connectivity index (χ1) is 25.1. The summed E-state index contributed by atoms with van der Waals surface area (Å²) in [7, 11) is -8.71. The summed E-state index contributed by atoms with van der Waals surface area (Å²) in [6.45, 7) is 4.52. The van der Waals surface area contributed by atoms with Crippen LogP contribution in [0.15, 0.2) is 58.3 Å². The molecule has 0 aromatic heterocycles. The zero-order chi connectivity index (χ0) is 38.2. The number of unbranched alkanes of at least 4 members (excludes halogenated alkanes) is 26. The molecule has 0 saturated heterocycles. The molecule has 0 spiro atoms. The maximum atomic E-state index is 11.2. The molecule has 0 radical (unpaired) electrons. The molecule has 0 fully saturated rings. The number of rotatable bonds is 32. The Bertz CT molecular complexity index is 1240. The Morgan fingerprint density at radius 2 is 0.566 bits per heavy atom. The van der Waals surface area contributed by atoms with Crippen LogP contribution in [0.5, 0.6) is 0 Å². The molecule has 0 N–H and O–H groups in total. The molecule has 53 heavy (non-hydrogen) atoms. The van der Waals surface area contributed by atoms with Crippen LogP contribution in [0, 0.1) is 0 Å². The largest absolute Gasteiger partial charge is 2.00 e. The fraction of sp³-hybridized carbons (Fsp3) is 0.727. The SMILES string of the molecule is CCCCCCCCCCCCCCCCc1ccccc1S(=O)(=O)[O-].CCCCCCCCCCCCCCCCc1ccccc1S(=O)(=O)[O-].[Ba+2]. The van der Waals surface area contributed by atoms with Crippen LogP contribution in [0.1, 0.15) is 205 Å². The molecule has 2 aromatic rings. The molecule has 0 saturated carbocycles. The van der Waals surface area contributed by atoms with Crippen molar-refractivity contribution in [3.63, 3.8) is 0 Å². The van der Waals surface area contributed by atoms with Crippen LogP contribution >= 0.6 is 0 Å². The first-order valence-corrected chi connectivity index (χ1v) is 24.0. The fourth-order valence-electron chi connectivity index (χ4n) is 6.93. The van der Waals surface area contributed by atoms with Gasteiger partial charge in [0, 0.05) is 0 Å². The van der Waals surface area contributed by atoms with Gasteiger partial charge >= 0.3 is 48.9 Å². The van der Waals surface area contributed by atoms with Crippen molar-refractivity contribution in [2.45, 2.75) is 216 Å². The number of benzene rings is 2. The standard InChI is InChI=1S/2C22H38O3S.Ba/c2*1-2-3-4-5-6-7-8-9-10-11-12-13-14-15-18-21-19-16-17-20-22(21)26(23,24)25;/h2*16-17,19-20H,2-15,18H2,1H3,(H,23,24,25);/q;;+2/p-2. The van der Waals surface area contributed by atoms with Gasteiger partial charge in [0.25, 0.3) is 0 Å². The molecule has 0 bridgehead atoms. The van der Waals surface area contributed by atoms with Crippen LogP contribution in [-0.2, 0) is 33.1 Å². The molecule has 2 rings (SSSR count). The predicted molar refractivity (Wildman–Crippen MR) is 223 cm³/mol. The van der Waals surface area contributed by atoms with Crippen molar-refractivity contribution in [2.24, 2.45) is 0 Å². The van der Waals surface area contributed by atoms with E-state index in [1.54, 1.807) is 36.4 Å². The van der Waals surface area contributed by atoms with Crippen LogP contribution < -0.4 is 0 Å². The van der Waals surface area contributed by atoms with Crippen molar-refractivity contribution in [2.75, 3.05) is 0 Å². The molecule has 0 amide bonds. The van der Waals surface area contributed by atoms with E-state index in [0.29, 0.717) is 24.0 Å². The quantitative estimate of drug-likeness (QED) is 0.0410. The van der Waals surface area contributed by atoms with Crippen molar-refractivity contribution in [3.05, 3.63) is 59.7 Å². The van der Waals surface area contributed by atoms with E-state index in [0.717, 1.165) is 25.7 Å². The van der Waals surface area contributed by atoms with Gasteiger partial charge < -0.3 is 9.11 Å².